The van der Waals surface area contributed by atoms with Gasteiger partial charge in [0.05, 0.1) is 6.42 Å². The van der Waals surface area contributed by atoms with E-state index in [9.17, 15) is 9.59 Å². The van der Waals surface area contributed by atoms with Crippen LogP contribution in [0.3, 0.4) is 0 Å². The lowest BCUT2D eigenvalue weighted by Gasteiger charge is -2.02. The van der Waals surface area contributed by atoms with Crippen LogP contribution in [0.25, 0.3) is 0 Å². The maximum atomic E-state index is 11.9. The first-order valence-corrected chi connectivity index (χ1v) is 11.4. The topological polar surface area (TPSA) is 97.7 Å². The fourth-order valence-corrected chi connectivity index (χ4v) is 4.37. The molecular weight excluding hydrogens is 394 g/mol. The highest BCUT2D eigenvalue weighted by Crippen LogP contribution is 2.19. The number of Topliss-reactive ketones (excluding diaryl/α,β-unsaturated/α-hetero) is 1. The van der Waals surface area contributed by atoms with Crippen molar-refractivity contribution in [3.05, 3.63) is 15.0 Å². The smallest absolute Gasteiger partial charge is 0.226 e. The van der Waals surface area contributed by atoms with Crippen LogP contribution in [0.5, 0.6) is 0 Å². The van der Waals surface area contributed by atoms with Crippen LogP contribution in [0, 0.1) is 11.8 Å². The summed E-state index contributed by atoms with van der Waals surface area (Å²) in [5, 5.41) is 22.6. The van der Waals surface area contributed by atoms with Crippen LogP contribution < -0.4 is 5.32 Å². The summed E-state index contributed by atoms with van der Waals surface area (Å²) in [6, 6.07) is 0. The minimum absolute atomic E-state index is 0.0170. The number of unbranched alkanes of at least 4 members (excludes halogenated alkanes) is 1. The Morgan fingerprint density at radius 2 is 1.39 bits per heavy atom. The molecule has 0 radical (unpaired) electrons. The molecule has 1 amide bonds. The van der Waals surface area contributed by atoms with Gasteiger partial charge >= 0.3 is 0 Å². The number of carbonyl (C=O) groups excluding carboxylic acids is 2. The van der Waals surface area contributed by atoms with Crippen molar-refractivity contribution >= 4 is 39.5 Å². The van der Waals surface area contributed by atoms with Gasteiger partial charge in [-0.05, 0) is 24.7 Å². The van der Waals surface area contributed by atoms with E-state index < -0.39 is 0 Å². The number of anilines is 1. The van der Waals surface area contributed by atoms with Crippen molar-refractivity contribution in [2.24, 2.45) is 11.8 Å². The molecule has 0 aliphatic heterocycles. The third kappa shape index (κ3) is 8.52. The summed E-state index contributed by atoms with van der Waals surface area (Å²) in [7, 11) is 0. The summed E-state index contributed by atoms with van der Waals surface area (Å²) in [6.07, 6.45) is 5.10. The molecular formula is C19H29N5O2S2. The number of aromatic nitrogens is 4. The zero-order chi connectivity index (χ0) is 20.5. The minimum Gasteiger partial charge on any atom is -0.301 e. The van der Waals surface area contributed by atoms with Crippen molar-refractivity contribution in [2.75, 3.05) is 5.32 Å². The lowest BCUT2D eigenvalue weighted by Crippen LogP contribution is -2.13. The number of hydrogen-bond acceptors (Lipinski definition) is 8. The normalized spacial score (nSPS) is 11.4. The molecule has 2 aromatic rings. The molecule has 1 N–H and O–H groups in total. The van der Waals surface area contributed by atoms with E-state index in [1.807, 2.05) is 27.7 Å². The monoisotopic (exact) mass is 423 g/mol. The number of rotatable bonds is 12. The average Bonchev–Trinajstić information content (AvgIpc) is 3.19. The van der Waals surface area contributed by atoms with Crippen LogP contribution in [0.2, 0.25) is 0 Å². The molecule has 0 saturated carbocycles. The minimum atomic E-state index is -0.0170. The van der Waals surface area contributed by atoms with Crippen molar-refractivity contribution in [3.63, 3.8) is 0 Å². The Morgan fingerprint density at radius 3 is 2.04 bits per heavy atom. The molecule has 154 valence electrons. The van der Waals surface area contributed by atoms with E-state index in [-0.39, 0.29) is 11.7 Å². The average molecular weight is 424 g/mol. The quantitative estimate of drug-likeness (QED) is 0.516. The number of nitrogens with zero attached hydrogens (tertiary/aromatic N) is 4. The molecule has 0 bridgehead atoms. The Kier molecular flexibility index (Phi) is 9.11. The maximum Gasteiger partial charge on any atom is 0.226 e. The Labute approximate surface area is 174 Å². The Morgan fingerprint density at radius 1 is 0.821 bits per heavy atom. The van der Waals surface area contributed by atoms with Crippen LogP contribution in [0.15, 0.2) is 0 Å². The van der Waals surface area contributed by atoms with E-state index >= 15 is 0 Å². The molecule has 2 heterocycles. The van der Waals surface area contributed by atoms with E-state index in [0.717, 1.165) is 40.7 Å². The highest BCUT2D eigenvalue weighted by molar-refractivity contribution is 7.15. The molecule has 7 nitrogen and oxygen atoms in total. The van der Waals surface area contributed by atoms with Crippen LogP contribution in [0.4, 0.5) is 5.13 Å². The van der Waals surface area contributed by atoms with E-state index in [4.69, 9.17) is 0 Å². The number of aryl methyl sites for hydroxylation is 2. The Hall–Kier alpha value is -1.74. The number of ketones is 1. The van der Waals surface area contributed by atoms with E-state index in [1.54, 1.807) is 0 Å². The fraction of sp³-hybridized carbons (Fsp3) is 0.684. The Balaban J connectivity index is 1.68. The van der Waals surface area contributed by atoms with Gasteiger partial charge in [-0.3, -0.25) is 9.59 Å². The molecule has 0 saturated heterocycles. The predicted molar refractivity (Wildman–Crippen MR) is 113 cm³/mol. The van der Waals surface area contributed by atoms with Crippen molar-refractivity contribution in [3.8, 4) is 0 Å². The number of carbonyl (C=O) groups is 2. The summed E-state index contributed by atoms with van der Waals surface area (Å²) < 4.78 is 0. The van der Waals surface area contributed by atoms with Gasteiger partial charge in [0.15, 0.2) is 0 Å². The number of amides is 1. The van der Waals surface area contributed by atoms with Gasteiger partial charge in [0.2, 0.25) is 11.0 Å². The molecule has 28 heavy (non-hydrogen) atoms. The standard InChI is InChI=1S/C19H29N5O2S2/c1-12(2)9-14(25)11-18-23-21-16(27-18)7-5-6-8-17-22-24-19(28-17)20-15(26)10-13(3)4/h12-13H,5-11H2,1-4H3,(H,20,24,26). The summed E-state index contributed by atoms with van der Waals surface area (Å²) >= 11 is 2.97. The number of hydrogen-bond donors (Lipinski definition) is 1. The molecule has 0 unspecified atom stereocenters. The van der Waals surface area contributed by atoms with Gasteiger partial charge < -0.3 is 5.32 Å². The van der Waals surface area contributed by atoms with Crippen LogP contribution in [-0.2, 0) is 28.9 Å². The van der Waals surface area contributed by atoms with Crippen molar-refractivity contribution in [1.29, 1.82) is 0 Å². The molecule has 0 aliphatic carbocycles. The van der Waals surface area contributed by atoms with E-state index in [0.29, 0.717) is 36.2 Å². The molecule has 0 atom stereocenters. The SMILES string of the molecule is CC(C)CC(=O)Cc1nnc(CCCCc2nnc(NC(=O)CC(C)C)s2)s1. The molecule has 0 aromatic carbocycles. The zero-order valence-corrected chi connectivity index (χ0v) is 18.7. The number of nitrogens with one attached hydrogen (secondary N) is 1. The van der Waals surface area contributed by atoms with Gasteiger partial charge in [0, 0.05) is 25.7 Å². The first-order valence-electron chi connectivity index (χ1n) is 9.77. The summed E-state index contributed by atoms with van der Waals surface area (Å²) in [5.41, 5.74) is 0. The molecule has 9 heteroatoms. The molecule has 0 fully saturated rings. The van der Waals surface area contributed by atoms with Crippen molar-refractivity contribution in [2.45, 2.75) is 72.6 Å². The lowest BCUT2D eigenvalue weighted by atomic mass is 10.1. The second-order valence-corrected chi connectivity index (χ2v) is 9.97. The molecule has 0 spiro atoms. The van der Waals surface area contributed by atoms with Gasteiger partial charge in [0.25, 0.3) is 0 Å². The van der Waals surface area contributed by atoms with Gasteiger partial charge in [0.1, 0.15) is 20.8 Å². The van der Waals surface area contributed by atoms with Gasteiger partial charge in [-0.15, -0.1) is 31.7 Å². The highest BCUT2D eigenvalue weighted by atomic mass is 32.1. The summed E-state index contributed by atoms with van der Waals surface area (Å²) in [6.45, 7) is 8.11. The first-order chi connectivity index (χ1) is 13.3. The van der Waals surface area contributed by atoms with Crippen LogP contribution >= 0.6 is 22.7 Å². The lowest BCUT2D eigenvalue weighted by molar-refractivity contribution is -0.119. The summed E-state index contributed by atoms with van der Waals surface area (Å²) in [4.78, 5) is 23.6. The zero-order valence-electron chi connectivity index (χ0n) is 17.0. The highest BCUT2D eigenvalue weighted by Gasteiger charge is 2.12. The second-order valence-electron chi connectivity index (χ2n) is 7.76. The largest absolute Gasteiger partial charge is 0.301 e. The van der Waals surface area contributed by atoms with Gasteiger partial charge in [-0.25, -0.2) is 0 Å². The molecule has 2 rings (SSSR count). The van der Waals surface area contributed by atoms with Crippen LogP contribution in [0.1, 0.15) is 68.4 Å². The maximum absolute atomic E-state index is 11.9. The van der Waals surface area contributed by atoms with E-state index in [1.165, 1.54) is 22.7 Å². The van der Waals surface area contributed by atoms with Crippen molar-refractivity contribution < 1.29 is 9.59 Å². The van der Waals surface area contributed by atoms with Gasteiger partial charge in [-0.1, -0.05) is 39.0 Å². The molecule has 0 aliphatic rings. The van der Waals surface area contributed by atoms with Crippen molar-refractivity contribution in [1.82, 2.24) is 20.4 Å². The van der Waals surface area contributed by atoms with E-state index in [2.05, 4.69) is 25.7 Å². The summed E-state index contributed by atoms with van der Waals surface area (Å²) in [5.74, 6) is 0.910. The first kappa shape index (κ1) is 22.5. The Bertz CT molecular complexity index is 706. The predicted octanol–water partition coefficient (Wildman–Crippen LogP) is 4.10. The fourth-order valence-electron chi connectivity index (χ4n) is 2.66. The van der Waals surface area contributed by atoms with Gasteiger partial charge in [-0.2, -0.15) is 0 Å². The third-order valence-electron chi connectivity index (χ3n) is 3.83. The third-order valence-corrected chi connectivity index (χ3v) is 5.71. The second kappa shape index (κ2) is 11.3. The van der Waals surface area contributed by atoms with Crippen LogP contribution in [-0.4, -0.2) is 32.1 Å². The molecule has 2 aromatic heterocycles.